The van der Waals surface area contributed by atoms with Crippen LogP contribution in [0, 0.1) is 11.8 Å². The number of hydrogen-bond acceptors (Lipinski definition) is 6. The Morgan fingerprint density at radius 3 is 2.70 bits per heavy atom. The second-order valence-electron chi connectivity index (χ2n) is 10.0. The number of nitrogens with zero attached hydrogens (tertiary/aromatic N) is 2. The molecule has 2 amide bonds. The second-order valence-corrected chi connectivity index (χ2v) is 10.0. The van der Waals surface area contributed by atoms with Crippen LogP contribution < -0.4 is 4.90 Å². The van der Waals surface area contributed by atoms with Gasteiger partial charge >= 0.3 is 5.97 Å². The Bertz CT molecular complexity index is 1260. The van der Waals surface area contributed by atoms with Gasteiger partial charge in [0.15, 0.2) is 0 Å². The lowest BCUT2D eigenvalue weighted by atomic mass is 9.70. The van der Waals surface area contributed by atoms with Gasteiger partial charge in [0.2, 0.25) is 5.91 Å². The highest BCUT2D eigenvalue weighted by atomic mass is 16.6. The zero-order valence-electron chi connectivity index (χ0n) is 20.9. The van der Waals surface area contributed by atoms with Gasteiger partial charge in [-0.25, -0.2) is 0 Å². The number of amides is 2. The molecule has 194 valence electrons. The van der Waals surface area contributed by atoms with Crippen LogP contribution in [-0.4, -0.2) is 71.3 Å². The van der Waals surface area contributed by atoms with E-state index in [1.54, 1.807) is 17.9 Å². The lowest BCUT2D eigenvalue weighted by Crippen LogP contribution is -2.58. The van der Waals surface area contributed by atoms with Crippen molar-refractivity contribution in [3.63, 3.8) is 0 Å². The van der Waals surface area contributed by atoms with Crippen LogP contribution in [0.4, 0.5) is 5.69 Å². The van der Waals surface area contributed by atoms with Gasteiger partial charge in [0.1, 0.15) is 18.2 Å². The van der Waals surface area contributed by atoms with Crippen molar-refractivity contribution < 1.29 is 29.0 Å². The number of fused-ring (bicyclic) bond motifs is 2. The van der Waals surface area contributed by atoms with Gasteiger partial charge in [-0.3, -0.25) is 14.4 Å². The average Bonchev–Trinajstić information content (AvgIpc) is 3.56. The summed E-state index contributed by atoms with van der Waals surface area (Å²) >= 11 is 0. The number of likely N-dealkylation sites (tertiary alicyclic amines) is 1. The first-order valence-electron chi connectivity index (χ1n) is 12.7. The summed E-state index contributed by atoms with van der Waals surface area (Å²) in [4.78, 5) is 44.3. The fourth-order valence-corrected chi connectivity index (χ4v) is 6.38. The summed E-state index contributed by atoms with van der Waals surface area (Å²) in [6.07, 6.45) is 3.62. The SMILES string of the molecule is C=CCOC(=O)[C@@H]1[C@H]2C(=O)N([C@H](C)CO)C(C(=O)N(CC=C)c3ccc4ccccc4c3)C23CC[C@H]1O3. The van der Waals surface area contributed by atoms with Crippen molar-refractivity contribution in [1.29, 1.82) is 0 Å². The molecular formula is C29H32N2O6. The Morgan fingerprint density at radius 2 is 2.00 bits per heavy atom. The van der Waals surface area contributed by atoms with Crippen LogP contribution in [0.3, 0.4) is 0 Å². The third-order valence-electron chi connectivity index (χ3n) is 7.95. The molecule has 2 aromatic carbocycles. The van der Waals surface area contributed by atoms with E-state index in [2.05, 4.69) is 13.2 Å². The summed E-state index contributed by atoms with van der Waals surface area (Å²) in [5.74, 6) is -2.87. The fourth-order valence-electron chi connectivity index (χ4n) is 6.38. The number of benzene rings is 2. The first kappa shape index (κ1) is 25.2. The highest BCUT2D eigenvalue weighted by Crippen LogP contribution is 2.59. The van der Waals surface area contributed by atoms with Crippen molar-refractivity contribution in [3.8, 4) is 0 Å². The molecule has 0 saturated carbocycles. The number of esters is 1. The first-order valence-corrected chi connectivity index (χ1v) is 12.7. The molecule has 2 aromatic rings. The van der Waals surface area contributed by atoms with E-state index in [4.69, 9.17) is 9.47 Å². The molecule has 8 heteroatoms. The molecule has 1 N–H and O–H groups in total. The molecule has 8 nitrogen and oxygen atoms in total. The summed E-state index contributed by atoms with van der Waals surface area (Å²) in [7, 11) is 0. The van der Waals surface area contributed by atoms with Crippen LogP contribution in [0.2, 0.25) is 0 Å². The van der Waals surface area contributed by atoms with Crippen molar-refractivity contribution in [3.05, 3.63) is 67.8 Å². The highest BCUT2D eigenvalue weighted by Gasteiger charge is 2.75. The lowest BCUT2D eigenvalue weighted by Gasteiger charge is -2.38. The van der Waals surface area contributed by atoms with Crippen LogP contribution in [0.5, 0.6) is 0 Å². The molecule has 3 heterocycles. The van der Waals surface area contributed by atoms with Crippen LogP contribution in [-0.2, 0) is 23.9 Å². The van der Waals surface area contributed by atoms with Crippen molar-refractivity contribution in [2.45, 2.75) is 43.6 Å². The van der Waals surface area contributed by atoms with E-state index in [-0.39, 0.29) is 31.6 Å². The number of aliphatic hydroxyl groups excluding tert-OH is 1. The van der Waals surface area contributed by atoms with Crippen molar-refractivity contribution in [1.82, 2.24) is 4.90 Å². The number of anilines is 1. The molecule has 0 aromatic heterocycles. The van der Waals surface area contributed by atoms with Crippen molar-refractivity contribution in [2.24, 2.45) is 11.8 Å². The smallest absolute Gasteiger partial charge is 0.312 e. The van der Waals surface area contributed by atoms with Gasteiger partial charge in [-0.05, 0) is 42.7 Å². The minimum atomic E-state index is -1.17. The Morgan fingerprint density at radius 1 is 1.24 bits per heavy atom. The van der Waals surface area contributed by atoms with Gasteiger partial charge in [0, 0.05) is 12.2 Å². The van der Waals surface area contributed by atoms with E-state index >= 15 is 0 Å². The molecule has 3 saturated heterocycles. The van der Waals surface area contributed by atoms with Gasteiger partial charge < -0.3 is 24.4 Å². The summed E-state index contributed by atoms with van der Waals surface area (Å²) in [6.45, 7) is 9.05. The molecule has 3 aliphatic rings. The Hall–Kier alpha value is -3.49. The van der Waals surface area contributed by atoms with Crippen LogP contribution >= 0.6 is 0 Å². The van der Waals surface area contributed by atoms with Crippen LogP contribution in [0.25, 0.3) is 10.8 Å². The standard InChI is InChI=1S/C29H32N2O6/c1-4-14-30(21-11-10-19-8-6-7-9-20(19)16-21)27(34)25-29-13-12-22(37-29)23(28(35)36-15-5-2)24(29)26(33)31(25)18(3)17-32/h4-11,16,18,22-25,32H,1-2,12-15,17H2,3H3/t18-,22-,23+,24+,25?,29?/m1/s1. The molecule has 37 heavy (non-hydrogen) atoms. The predicted octanol–water partition coefficient (Wildman–Crippen LogP) is 2.84. The van der Waals surface area contributed by atoms with Crippen molar-refractivity contribution in [2.75, 3.05) is 24.7 Å². The third-order valence-corrected chi connectivity index (χ3v) is 7.95. The number of rotatable bonds is 9. The minimum Gasteiger partial charge on any atom is -0.461 e. The number of carbonyl (C=O) groups is 3. The maximum Gasteiger partial charge on any atom is 0.312 e. The molecule has 5 rings (SSSR count). The third kappa shape index (κ3) is 3.86. The summed E-state index contributed by atoms with van der Waals surface area (Å²) in [5.41, 5.74) is -0.502. The number of aliphatic hydroxyl groups is 1. The van der Waals surface area contributed by atoms with Gasteiger partial charge in [-0.2, -0.15) is 0 Å². The zero-order valence-corrected chi connectivity index (χ0v) is 20.9. The van der Waals surface area contributed by atoms with Gasteiger partial charge in [-0.1, -0.05) is 49.1 Å². The normalized spacial score (nSPS) is 28.7. The lowest BCUT2D eigenvalue weighted by molar-refractivity contribution is -0.154. The Labute approximate surface area is 216 Å². The zero-order chi connectivity index (χ0) is 26.3. The molecule has 3 aliphatic heterocycles. The quantitative estimate of drug-likeness (QED) is 0.417. The van der Waals surface area contributed by atoms with E-state index < -0.39 is 41.6 Å². The summed E-state index contributed by atoms with van der Waals surface area (Å²) in [5, 5.41) is 12.1. The van der Waals surface area contributed by atoms with E-state index in [1.807, 2.05) is 42.5 Å². The monoisotopic (exact) mass is 504 g/mol. The molecular weight excluding hydrogens is 472 g/mol. The van der Waals surface area contributed by atoms with E-state index in [1.165, 1.54) is 11.0 Å². The molecule has 0 radical (unpaired) electrons. The van der Waals surface area contributed by atoms with Gasteiger partial charge in [-0.15, -0.1) is 6.58 Å². The average molecular weight is 505 g/mol. The van der Waals surface area contributed by atoms with Gasteiger partial charge in [0.05, 0.1) is 30.6 Å². The maximum atomic E-state index is 14.4. The topological polar surface area (TPSA) is 96.4 Å². The largest absolute Gasteiger partial charge is 0.461 e. The number of carbonyl (C=O) groups excluding carboxylic acids is 3. The fraction of sp³-hybridized carbons (Fsp3) is 0.414. The number of hydrogen-bond donors (Lipinski definition) is 1. The molecule has 6 atom stereocenters. The molecule has 1 spiro atoms. The van der Waals surface area contributed by atoms with Crippen LogP contribution in [0.15, 0.2) is 67.8 Å². The first-order chi connectivity index (χ1) is 17.9. The highest BCUT2D eigenvalue weighted by molar-refractivity contribution is 6.05. The Balaban J connectivity index is 1.57. The molecule has 3 fully saturated rings. The van der Waals surface area contributed by atoms with E-state index in [9.17, 15) is 19.5 Å². The molecule has 0 aliphatic carbocycles. The Kier molecular flexibility index (Phi) is 6.64. The minimum absolute atomic E-state index is 0.0319. The predicted molar refractivity (Wildman–Crippen MR) is 139 cm³/mol. The molecule has 2 bridgehead atoms. The van der Waals surface area contributed by atoms with Gasteiger partial charge in [0.25, 0.3) is 5.91 Å². The van der Waals surface area contributed by atoms with Crippen LogP contribution in [0.1, 0.15) is 19.8 Å². The number of ether oxygens (including phenoxy) is 2. The van der Waals surface area contributed by atoms with E-state index in [0.717, 1.165) is 10.8 Å². The second kappa shape index (κ2) is 9.76. The summed E-state index contributed by atoms with van der Waals surface area (Å²) in [6, 6.07) is 12.0. The molecule has 2 unspecified atom stereocenters. The van der Waals surface area contributed by atoms with E-state index in [0.29, 0.717) is 18.5 Å². The van der Waals surface area contributed by atoms with Crippen molar-refractivity contribution >= 4 is 34.2 Å². The maximum absolute atomic E-state index is 14.4. The summed E-state index contributed by atoms with van der Waals surface area (Å²) < 4.78 is 11.7.